The average Bonchev–Trinajstić information content (AvgIpc) is 2.78. The fourth-order valence-electron chi connectivity index (χ4n) is 3.42. The monoisotopic (exact) mass is 438 g/mol. The average molecular weight is 439 g/mol. The van der Waals surface area contributed by atoms with Gasteiger partial charge in [0.15, 0.2) is 0 Å². The van der Waals surface area contributed by atoms with Crippen LogP contribution in [0.5, 0.6) is 0 Å². The van der Waals surface area contributed by atoms with Gasteiger partial charge in [0.25, 0.3) is 0 Å². The van der Waals surface area contributed by atoms with Crippen LogP contribution in [0.1, 0.15) is 41.5 Å². The zero-order valence-corrected chi connectivity index (χ0v) is 18.2. The van der Waals surface area contributed by atoms with Crippen molar-refractivity contribution in [2.45, 2.75) is 37.0 Å². The van der Waals surface area contributed by atoms with Gasteiger partial charge in [-0.1, -0.05) is 49.4 Å². The normalized spacial score (nSPS) is 12.4. The summed E-state index contributed by atoms with van der Waals surface area (Å²) in [5, 5.41) is 9.05. The Morgan fingerprint density at radius 1 is 1.00 bits per heavy atom. The van der Waals surface area contributed by atoms with E-state index in [4.69, 9.17) is 5.11 Å². The molecule has 0 aliphatic heterocycles. The van der Waals surface area contributed by atoms with E-state index in [2.05, 4.69) is 22.7 Å². The molecule has 162 valence electrons. The van der Waals surface area contributed by atoms with Crippen molar-refractivity contribution < 1.29 is 18.3 Å². The fourth-order valence-corrected chi connectivity index (χ4v) is 4.47. The Bertz CT molecular complexity index is 1120. The van der Waals surface area contributed by atoms with E-state index in [1.165, 1.54) is 0 Å². The summed E-state index contributed by atoms with van der Waals surface area (Å²) < 4.78 is 27.5. The predicted octanol–water partition coefficient (Wildman–Crippen LogP) is 3.77. The summed E-state index contributed by atoms with van der Waals surface area (Å²) in [6.07, 6.45) is 4.52. The summed E-state index contributed by atoms with van der Waals surface area (Å²) in [6, 6.07) is 18.2. The SMILES string of the molecule is CC(c1cccnc1)c1cc(CCNS(=O)(=O)c2ccccc2)cc(CCC(=O)O)c1. The molecule has 3 rings (SSSR count). The van der Waals surface area contributed by atoms with Crippen molar-refractivity contribution >= 4 is 16.0 Å². The smallest absolute Gasteiger partial charge is 0.303 e. The lowest BCUT2D eigenvalue weighted by atomic mass is 9.90. The molecule has 1 unspecified atom stereocenters. The molecule has 0 aliphatic carbocycles. The van der Waals surface area contributed by atoms with Gasteiger partial charge in [-0.2, -0.15) is 0 Å². The van der Waals surface area contributed by atoms with Crippen molar-refractivity contribution in [2.75, 3.05) is 6.54 Å². The topological polar surface area (TPSA) is 96.4 Å². The molecule has 7 heteroatoms. The first kappa shape index (κ1) is 22.7. The maximum absolute atomic E-state index is 12.4. The Morgan fingerprint density at radius 3 is 2.35 bits per heavy atom. The molecule has 0 saturated heterocycles. The highest BCUT2D eigenvalue weighted by Gasteiger charge is 2.14. The summed E-state index contributed by atoms with van der Waals surface area (Å²) >= 11 is 0. The number of hydrogen-bond acceptors (Lipinski definition) is 4. The molecule has 0 saturated carbocycles. The minimum atomic E-state index is -3.57. The summed E-state index contributed by atoms with van der Waals surface area (Å²) in [7, 11) is -3.57. The molecule has 1 heterocycles. The van der Waals surface area contributed by atoms with E-state index < -0.39 is 16.0 Å². The summed E-state index contributed by atoms with van der Waals surface area (Å²) in [4.78, 5) is 15.4. The summed E-state index contributed by atoms with van der Waals surface area (Å²) in [5.74, 6) is -0.763. The summed E-state index contributed by atoms with van der Waals surface area (Å²) in [5.41, 5.74) is 4.01. The van der Waals surface area contributed by atoms with Crippen LogP contribution < -0.4 is 4.72 Å². The lowest BCUT2D eigenvalue weighted by Gasteiger charge is -2.16. The lowest BCUT2D eigenvalue weighted by molar-refractivity contribution is -0.136. The molecular weight excluding hydrogens is 412 g/mol. The molecule has 1 aromatic heterocycles. The molecule has 0 amide bonds. The number of rotatable bonds is 10. The van der Waals surface area contributed by atoms with Crippen molar-refractivity contribution in [3.8, 4) is 0 Å². The number of carboxylic acids is 1. The number of nitrogens with zero attached hydrogens (tertiary/aromatic N) is 1. The van der Waals surface area contributed by atoms with Crippen LogP contribution in [-0.4, -0.2) is 31.0 Å². The number of nitrogens with one attached hydrogen (secondary N) is 1. The zero-order valence-electron chi connectivity index (χ0n) is 17.4. The van der Waals surface area contributed by atoms with Gasteiger partial charge < -0.3 is 5.11 Å². The molecule has 2 N–H and O–H groups in total. The number of aliphatic carboxylic acids is 1. The van der Waals surface area contributed by atoms with Crippen LogP contribution in [0.4, 0.5) is 0 Å². The lowest BCUT2D eigenvalue weighted by Crippen LogP contribution is -2.26. The van der Waals surface area contributed by atoms with Crippen LogP contribution in [0.2, 0.25) is 0 Å². The van der Waals surface area contributed by atoms with Gasteiger partial charge in [0.05, 0.1) is 4.90 Å². The van der Waals surface area contributed by atoms with Gasteiger partial charge in [-0.05, 0) is 53.3 Å². The number of aromatic nitrogens is 1. The largest absolute Gasteiger partial charge is 0.481 e. The van der Waals surface area contributed by atoms with Crippen LogP contribution in [-0.2, 0) is 27.7 Å². The van der Waals surface area contributed by atoms with Crippen molar-refractivity contribution in [2.24, 2.45) is 0 Å². The first-order chi connectivity index (χ1) is 14.8. The third-order valence-electron chi connectivity index (χ3n) is 5.15. The number of hydrogen-bond donors (Lipinski definition) is 2. The van der Waals surface area contributed by atoms with Gasteiger partial charge >= 0.3 is 5.97 Å². The second kappa shape index (κ2) is 10.3. The van der Waals surface area contributed by atoms with Crippen molar-refractivity contribution in [1.29, 1.82) is 0 Å². The number of aryl methyl sites for hydroxylation is 1. The minimum Gasteiger partial charge on any atom is -0.481 e. The maximum atomic E-state index is 12.4. The Morgan fingerprint density at radius 2 is 1.71 bits per heavy atom. The highest BCUT2D eigenvalue weighted by atomic mass is 32.2. The molecule has 31 heavy (non-hydrogen) atoms. The van der Waals surface area contributed by atoms with E-state index in [0.717, 1.165) is 22.3 Å². The number of sulfonamides is 1. The molecular formula is C24H26N2O4S. The van der Waals surface area contributed by atoms with Crippen LogP contribution in [0.25, 0.3) is 0 Å². The molecule has 6 nitrogen and oxygen atoms in total. The van der Waals surface area contributed by atoms with Gasteiger partial charge in [-0.3, -0.25) is 9.78 Å². The molecule has 0 bridgehead atoms. The van der Waals surface area contributed by atoms with Gasteiger partial charge in [-0.15, -0.1) is 0 Å². The molecule has 0 fully saturated rings. The first-order valence-electron chi connectivity index (χ1n) is 10.1. The van der Waals surface area contributed by atoms with Gasteiger partial charge in [-0.25, -0.2) is 13.1 Å². The van der Waals surface area contributed by atoms with E-state index in [1.54, 1.807) is 36.5 Å². The van der Waals surface area contributed by atoms with Crippen molar-refractivity contribution in [3.05, 3.63) is 95.3 Å². The van der Waals surface area contributed by atoms with Crippen LogP contribution in [0, 0.1) is 0 Å². The Kier molecular flexibility index (Phi) is 7.55. The molecule has 0 aliphatic rings. The second-order valence-electron chi connectivity index (χ2n) is 7.45. The maximum Gasteiger partial charge on any atom is 0.303 e. The van der Waals surface area contributed by atoms with Crippen molar-refractivity contribution in [1.82, 2.24) is 9.71 Å². The highest BCUT2D eigenvalue weighted by molar-refractivity contribution is 7.89. The zero-order chi connectivity index (χ0) is 22.3. The van der Waals surface area contributed by atoms with Gasteiger partial charge in [0.1, 0.15) is 0 Å². The Labute approximate surface area is 183 Å². The molecule has 0 spiro atoms. The number of benzene rings is 2. The first-order valence-corrected chi connectivity index (χ1v) is 11.6. The standard InChI is InChI=1S/C24H26N2O4S/c1-18(21-6-5-12-25-17-21)22-15-19(9-10-24(27)28)14-20(16-22)11-13-26-31(29,30)23-7-3-2-4-8-23/h2-8,12,14-18,26H,9-11,13H2,1H3,(H,27,28). The molecule has 1 atom stereocenters. The Hall–Kier alpha value is -3.03. The fraction of sp³-hybridized carbons (Fsp3) is 0.250. The predicted molar refractivity (Wildman–Crippen MR) is 119 cm³/mol. The molecule has 0 radical (unpaired) electrons. The van der Waals surface area contributed by atoms with Crippen LogP contribution in [0.15, 0.2) is 78.0 Å². The number of carboxylic acid groups (broad SMARTS) is 1. The van der Waals surface area contributed by atoms with Gasteiger partial charge in [0.2, 0.25) is 10.0 Å². The van der Waals surface area contributed by atoms with Crippen molar-refractivity contribution in [3.63, 3.8) is 0 Å². The quantitative estimate of drug-likeness (QED) is 0.502. The van der Waals surface area contributed by atoms with E-state index in [9.17, 15) is 13.2 Å². The summed E-state index contributed by atoms with van der Waals surface area (Å²) in [6.45, 7) is 2.33. The highest BCUT2D eigenvalue weighted by Crippen LogP contribution is 2.26. The molecule has 2 aromatic carbocycles. The minimum absolute atomic E-state index is 0.0464. The van der Waals surface area contributed by atoms with E-state index in [1.807, 2.05) is 30.5 Å². The van der Waals surface area contributed by atoms with E-state index >= 15 is 0 Å². The van der Waals surface area contributed by atoms with Gasteiger partial charge in [0, 0.05) is 31.3 Å². The Balaban J connectivity index is 1.78. The third kappa shape index (κ3) is 6.47. The molecule has 3 aromatic rings. The van der Waals surface area contributed by atoms with Crippen LogP contribution >= 0.6 is 0 Å². The van der Waals surface area contributed by atoms with E-state index in [-0.39, 0.29) is 23.8 Å². The van der Waals surface area contributed by atoms with E-state index in [0.29, 0.717) is 12.8 Å². The number of carbonyl (C=O) groups is 1. The number of pyridine rings is 1. The van der Waals surface area contributed by atoms with Crippen LogP contribution in [0.3, 0.4) is 0 Å². The second-order valence-corrected chi connectivity index (χ2v) is 9.21. The third-order valence-corrected chi connectivity index (χ3v) is 6.62.